The SMILES string of the molecule is CNCc1nnc(SCc2cc(F)ccc2C)n1C. The third-order valence-corrected chi connectivity index (χ3v) is 4.00. The Kier molecular flexibility index (Phi) is 4.55. The number of aromatic nitrogens is 3. The molecule has 6 heteroatoms. The maximum absolute atomic E-state index is 13.2. The van der Waals surface area contributed by atoms with E-state index in [1.165, 1.54) is 6.07 Å². The number of nitrogens with zero attached hydrogens (tertiary/aromatic N) is 3. The lowest BCUT2D eigenvalue weighted by atomic mass is 10.1. The van der Waals surface area contributed by atoms with Gasteiger partial charge in [-0.3, -0.25) is 0 Å². The fourth-order valence-electron chi connectivity index (χ4n) is 1.72. The molecule has 4 nitrogen and oxygen atoms in total. The van der Waals surface area contributed by atoms with Gasteiger partial charge in [0.15, 0.2) is 5.16 Å². The first kappa shape index (κ1) is 14.0. The van der Waals surface area contributed by atoms with Crippen LogP contribution in [0, 0.1) is 12.7 Å². The molecular formula is C13H17FN4S. The van der Waals surface area contributed by atoms with Crippen LogP contribution in [0.15, 0.2) is 23.4 Å². The molecule has 0 aliphatic rings. The molecule has 0 bridgehead atoms. The van der Waals surface area contributed by atoms with Gasteiger partial charge in [-0.2, -0.15) is 0 Å². The Balaban J connectivity index is 2.08. The summed E-state index contributed by atoms with van der Waals surface area (Å²) in [5, 5.41) is 12.1. The zero-order valence-corrected chi connectivity index (χ0v) is 12.1. The second kappa shape index (κ2) is 6.16. The highest BCUT2D eigenvalue weighted by Gasteiger charge is 2.09. The number of hydrogen-bond acceptors (Lipinski definition) is 4. The summed E-state index contributed by atoms with van der Waals surface area (Å²) >= 11 is 1.56. The Hall–Kier alpha value is -1.40. The average Bonchev–Trinajstić information content (AvgIpc) is 2.73. The van der Waals surface area contributed by atoms with Crippen molar-refractivity contribution in [2.24, 2.45) is 7.05 Å². The third-order valence-electron chi connectivity index (χ3n) is 2.93. The van der Waals surface area contributed by atoms with Crippen LogP contribution in [0.25, 0.3) is 0 Å². The normalized spacial score (nSPS) is 10.9. The molecule has 1 N–H and O–H groups in total. The molecule has 102 valence electrons. The van der Waals surface area contributed by atoms with Gasteiger partial charge in [0.1, 0.15) is 11.6 Å². The predicted octanol–water partition coefficient (Wildman–Crippen LogP) is 2.27. The van der Waals surface area contributed by atoms with Crippen molar-refractivity contribution in [3.63, 3.8) is 0 Å². The minimum Gasteiger partial charge on any atom is -0.313 e. The van der Waals surface area contributed by atoms with Gasteiger partial charge in [-0.15, -0.1) is 10.2 Å². The minimum atomic E-state index is -0.199. The van der Waals surface area contributed by atoms with Crippen LogP contribution in [0.4, 0.5) is 4.39 Å². The second-order valence-corrected chi connectivity index (χ2v) is 5.29. The fourth-order valence-corrected chi connectivity index (χ4v) is 2.71. The van der Waals surface area contributed by atoms with E-state index >= 15 is 0 Å². The molecule has 2 aromatic rings. The number of rotatable bonds is 5. The Morgan fingerprint density at radius 2 is 2.16 bits per heavy atom. The number of thioether (sulfide) groups is 1. The van der Waals surface area contributed by atoms with Gasteiger partial charge < -0.3 is 9.88 Å². The van der Waals surface area contributed by atoms with Gasteiger partial charge in [-0.1, -0.05) is 17.8 Å². The quantitative estimate of drug-likeness (QED) is 0.853. The summed E-state index contributed by atoms with van der Waals surface area (Å²) in [5.74, 6) is 1.38. The molecule has 1 aromatic heterocycles. The highest BCUT2D eigenvalue weighted by Crippen LogP contribution is 2.23. The zero-order valence-electron chi connectivity index (χ0n) is 11.3. The number of benzene rings is 1. The maximum Gasteiger partial charge on any atom is 0.191 e. The van der Waals surface area contributed by atoms with E-state index < -0.39 is 0 Å². The molecule has 0 unspecified atom stereocenters. The summed E-state index contributed by atoms with van der Waals surface area (Å²) in [5.41, 5.74) is 2.08. The van der Waals surface area contributed by atoms with Gasteiger partial charge in [-0.05, 0) is 37.2 Å². The monoisotopic (exact) mass is 280 g/mol. The number of halogens is 1. The maximum atomic E-state index is 13.2. The van der Waals surface area contributed by atoms with Crippen LogP contribution < -0.4 is 5.32 Å². The Morgan fingerprint density at radius 1 is 1.37 bits per heavy atom. The average molecular weight is 280 g/mol. The van der Waals surface area contributed by atoms with E-state index in [1.807, 2.05) is 25.6 Å². The summed E-state index contributed by atoms with van der Waals surface area (Å²) in [4.78, 5) is 0. The van der Waals surface area contributed by atoms with E-state index in [4.69, 9.17) is 0 Å². The van der Waals surface area contributed by atoms with Gasteiger partial charge in [0, 0.05) is 12.8 Å². The lowest BCUT2D eigenvalue weighted by molar-refractivity contribution is 0.626. The Labute approximate surface area is 116 Å². The zero-order chi connectivity index (χ0) is 13.8. The first-order valence-electron chi connectivity index (χ1n) is 6.02. The highest BCUT2D eigenvalue weighted by molar-refractivity contribution is 7.98. The van der Waals surface area contributed by atoms with Crippen LogP contribution in [0.3, 0.4) is 0 Å². The van der Waals surface area contributed by atoms with Crippen LogP contribution in [-0.2, 0) is 19.3 Å². The molecule has 0 spiro atoms. The summed E-state index contributed by atoms with van der Waals surface area (Å²) in [6.07, 6.45) is 0. The van der Waals surface area contributed by atoms with Crippen molar-refractivity contribution in [3.05, 3.63) is 41.0 Å². The van der Waals surface area contributed by atoms with Crippen molar-refractivity contribution in [3.8, 4) is 0 Å². The van der Waals surface area contributed by atoms with Crippen LogP contribution >= 0.6 is 11.8 Å². The van der Waals surface area contributed by atoms with Gasteiger partial charge >= 0.3 is 0 Å². The van der Waals surface area contributed by atoms with E-state index in [-0.39, 0.29) is 5.82 Å². The topological polar surface area (TPSA) is 42.7 Å². The number of hydrogen-bond donors (Lipinski definition) is 1. The van der Waals surface area contributed by atoms with E-state index in [9.17, 15) is 4.39 Å². The lowest BCUT2D eigenvalue weighted by Gasteiger charge is -2.06. The molecule has 0 amide bonds. The standard InChI is InChI=1S/C13H17FN4S/c1-9-4-5-11(14)6-10(9)8-19-13-17-16-12(7-15-2)18(13)3/h4-6,15H,7-8H2,1-3H3. The van der Waals surface area contributed by atoms with Gasteiger partial charge in [-0.25, -0.2) is 4.39 Å². The molecule has 19 heavy (non-hydrogen) atoms. The van der Waals surface area contributed by atoms with Crippen LogP contribution in [-0.4, -0.2) is 21.8 Å². The molecule has 0 aliphatic heterocycles. The first-order chi connectivity index (χ1) is 9.11. The summed E-state index contributed by atoms with van der Waals surface area (Å²) < 4.78 is 15.2. The van der Waals surface area contributed by atoms with Crippen molar-refractivity contribution in [2.75, 3.05) is 7.05 Å². The van der Waals surface area contributed by atoms with Crippen LogP contribution in [0.1, 0.15) is 17.0 Å². The molecule has 0 radical (unpaired) electrons. The molecule has 0 aliphatic carbocycles. The smallest absolute Gasteiger partial charge is 0.191 e. The van der Waals surface area contributed by atoms with Crippen molar-refractivity contribution in [2.45, 2.75) is 24.4 Å². The lowest BCUT2D eigenvalue weighted by Crippen LogP contribution is -2.10. The fraction of sp³-hybridized carbons (Fsp3) is 0.385. The van der Waals surface area contributed by atoms with Gasteiger partial charge in [0.25, 0.3) is 0 Å². The van der Waals surface area contributed by atoms with E-state index in [1.54, 1.807) is 23.9 Å². The molecule has 0 saturated carbocycles. The van der Waals surface area contributed by atoms with Crippen molar-refractivity contribution in [1.82, 2.24) is 20.1 Å². The molecule has 1 heterocycles. The second-order valence-electron chi connectivity index (χ2n) is 4.35. The molecule has 0 saturated heterocycles. The molecule has 1 aromatic carbocycles. The number of aryl methyl sites for hydroxylation is 1. The van der Waals surface area contributed by atoms with Crippen molar-refractivity contribution in [1.29, 1.82) is 0 Å². The molecule has 2 rings (SSSR count). The van der Waals surface area contributed by atoms with Gasteiger partial charge in [0.05, 0.1) is 6.54 Å². The summed E-state index contributed by atoms with van der Waals surface area (Å²) in [7, 11) is 3.81. The van der Waals surface area contributed by atoms with Gasteiger partial charge in [0.2, 0.25) is 0 Å². The summed E-state index contributed by atoms with van der Waals surface area (Å²) in [6, 6.07) is 4.86. The van der Waals surface area contributed by atoms with Crippen LogP contribution in [0.2, 0.25) is 0 Å². The largest absolute Gasteiger partial charge is 0.313 e. The molecule has 0 atom stereocenters. The minimum absolute atomic E-state index is 0.199. The third kappa shape index (κ3) is 3.33. The van der Waals surface area contributed by atoms with Crippen molar-refractivity contribution < 1.29 is 4.39 Å². The predicted molar refractivity (Wildman–Crippen MR) is 74.5 cm³/mol. The van der Waals surface area contributed by atoms with E-state index in [2.05, 4.69) is 15.5 Å². The van der Waals surface area contributed by atoms with E-state index in [0.717, 1.165) is 22.1 Å². The Bertz CT molecular complexity index is 568. The van der Waals surface area contributed by atoms with Crippen LogP contribution in [0.5, 0.6) is 0 Å². The molecular weight excluding hydrogens is 263 g/mol. The van der Waals surface area contributed by atoms with E-state index in [0.29, 0.717) is 12.3 Å². The Morgan fingerprint density at radius 3 is 2.89 bits per heavy atom. The number of nitrogens with one attached hydrogen (secondary N) is 1. The van der Waals surface area contributed by atoms with Crippen molar-refractivity contribution >= 4 is 11.8 Å². The summed E-state index contributed by atoms with van der Waals surface area (Å²) in [6.45, 7) is 2.67. The first-order valence-corrected chi connectivity index (χ1v) is 7.01. The molecule has 0 fully saturated rings. The highest BCUT2D eigenvalue weighted by atomic mass is 32.2.